The van der Waals surface area contributed by atoms with Crippen LogP contribution in [-0.4, -0.2) is 29.1 Å². The lowest BCUT2D eigenvalue weighted by Gasteiger charge is -2.20. The van der Waals surface area contributed by atoms with Crippen LogP contribution in [0.25, 0.3) is 0 Å². The first kappa shape index (κ1) is 11.0. The summed E-state index contributed by atoms with van der Waals surface area (Å²) < 4.78 is 4.64. The quantitative estimate of drug-likeness (QED) is 0.651. The molecule has 1 aromatic heterocycles. The van der Waals surface area contributed by atoms with E-state index in [4.69, 9.17) is 0 Å². The first-order valence-electron chi connectivity index (χ1n) is 4.13. The molecular weight excluding hydrogens is 206 g/mol. The van der Waals surface area contributed by atoms with Crippen molar-refractivity contribution >= 4 is 18.4 Å². The molecule has 2 N–H and O–H groups in total. The molecule has 0 aliphatic carbocycles. The maximum atomic E-state index is 11.2. The monoisotopic (exact) mass is 217 g/mol. The van der Waals surface area contributed by atoms with E-state index in [0.717, 1.165) is 11.4 Å². The predicted octanol–water partition coefficient (Wildman–Crippen LogP) is 0.0188. The van der Waals surface area contributed by atoms with E-state index >= 15 is 0 Å². The SMILES string of the molecule is COC(=O)C1Cc2nc[nH]c2CN1.Cl. The highest BCUT2D eigenvalue weighted by molar-refractivity contribution is 5.85. The van der Waals surface area contributed by atoms with Crippen LogP contribution in [0.15, 0.2) is 6.33 Å². The number of hydrogen-bond donors (Lipinski definition) is 2. The number of imidazole rings is 1. The van der Waals surface area contributed by atoms with Crippen molar-refractivity contribution in [2.24, 2.45) is 0 Å². The van der Waals surface area contributed by atoms with E-state index in [1.807, 2.05) is 0 Å². The molecule has 0 aromatic carbocycles. The average molecular weight is 218 g/mol. The number of rotatable bonds is 1. The Morgan fingerprint density at radius 1 is 1.71 bits per heavy atom. The van der Waals surface area contributed by atoms with Crippen LogP contribution < -0.4 is 5.32 Å². The lowest BCUT2D eigenvalue weighted by molar-refractivity contribution is -0.143. The zero-order valence-corrected chi connectivity index (χ0v) is 8.56. The fourth-order valence-corrected chi connectivity index (χ4v) is 1.48. The smallest absolute Gasteiger partial charge is 0.323 e. The second kappa shape index (κ2) is 4.43. The summed E-state index contributed by atoms with van der Waals surface area (Å²) in [5, 5.41) is 3.07. The van der Waals surface area contributed by atoms with Gasteiger partial charge in [0.05, 0.1) is 24.8 Å². The summed E-state index contributed by atoms with van der Waals surface area (Å²) in [5.74, 6) is -0.228. The van der Waals surface area contributed by atoms with Crippen LogP contribution in [0.4, 0.5) is 0 Å². The van der Waals surface area contributed by atoms with Crippen LogP contribution >= 0.6 is 12.4 Å². The molecule has 1 aliphatic heterocycles. The fourth-order valence-electron chi connectivity index (χ4n) is 1.48. The van der Waals surface area contributed by atoms with Crippen LogP contribution in [-0.2, 0) is 22.5 Å². The van der Waals surface area contributed by atoms with Gasteiger partial charge in [0.2, 0.25) is 0 Å². The third-order valence-corrected chi connectivity index (χ3v) is 2.22. The van der Waals surface area contributed by atoms with E-state index < -0.39 is 0 Å². The van der Waals surface area contributed by atoms with Gasteiger partial charge < -0.3 is 9.72 Å². The van der Waals surface area contributed by atoms with Crippen molar-refractivity contribution in [3.05, 3.63) is 17.7 Å². The number of nitrogens with zero attached hydrogens (tertiary/aromatic N) is 1. The van der Waals surface area contributed by atoms with E-state index in [1.165, 1.54) is 7.11 Å². The number of halogens is 1. The van der Waals surface area contributed by atoms with Gasteiger partial charge in [-0.1, -0.05) is 0 Å². The summed E-state index contributed by atoms with van der Waals surface area (Å²) in [6.45, 7) is 0.648. The molecule has 5 nitrogen and oxygen atoms in total. The van der Waals surface area contributed by atoms with E-state index in [1.54, 1.807) is 6.33 Å². The molecule has 0 amide bonds. The van der Waals surface area contributed by atoms with Crippen LogP contribution in [0.3, 0.4) is 0 Å². The molecule has 6 heteroatoms. The van der Waals surface area contributed by atoms with Crippen LogP contribution in [0.2, 0.25) is 0 Å². The number of carbonyl (C=O) groups excluding carboxylic acids is 1. The number of ether oxygens (including phenoxy) is 1. The molecule has 2 rings (SSSR count). The van der Waals surface area contributed by atoms with Gasteiger partial charge in [-0.05, 0) is 0 Å². The Kier molecular flexibility index (Phi) is 3.49. The minimum Gasteiger partial charge on any atom is -0.468 e. The summed E-state index contributed by atoms with van der Waals surface area (Å²) >= 11 is 0. The number of H-pyrrole nitrogens is 1. The summed E-state index contributed by atoms with van der Waals surface area (Å²) in [4.78, 5) is 18.3. The number of hydrogen-bond acceptors (Lipinski definition) is 4. The Morgan fingerprint density at radius 3 is 3.21 bits per heavy atom. The highest BCUT2D eigenvalue weighted by Gasteiger charge is 2.25. The molecule has 1 unspecified atom stereocenters. The first-order chi connectivity index (χ1) is 6.31. The molecular formula is C8H12ClN3O2. The van der Waals surface area contributed by atoms with Crippen molar-refractivity contribution in [3.63, 3.8) is 0 Å². The summed E-state index contributed by atoms with van der Waals surface area (Å²) in [5.41, 5.74) is 2.01. The largest absolute Gasteiger partial charge is 0.468 e. The molecule has 0 radical (unpaired) electrons. The zero-order chi connectivity index (χ0) is 9.26. The first-order valence-corrected chi connectivity index (χ1v) is 4.13. The third-order valence-electron chi connectivity index (χ3n) is 2.22. The number of aromatic nitrogens is 2. The van der Waals surface area contributed by atoms with Crippen molar-refractivity contribution in [1.29, 1.82) is 0 Å². The Labute approximate surface area is 87.7 Å². The Balaban J connectivity index is 0.000000980. The molecule has 0 bridgehead atoms. The number of nitrogens with one attached hydrogen (secondary N) is 2. The van der Waals surface area contributed by atoms with Gasteiger partial charge in [0.25, 0.3) is 0 Å². The maximum Gasteiger partial charge on any atom is 0.323 e. The average Bonchev–Trinajstić information content (AvgIpc) is 2.63. The topological polar surface area (TPSA) is 67.0 Å². The standard InChI is InChI=1S/C8H11N3O2.ClH/c1-13-8(12)6-2-5-7(3-9-6)11-4-10-5;/h4,6,9H,2-3H2,1H3,(H,10,11);1H. The van der Waals surface area contributed by atoms with Crippen LogP contribution in [0, 0.1) is 0 Å². The van der Waals surface area contributed by atoms with Gasteiger partial charge in [-0.15, -0.1) is 12.4 Å². The molecule has 0 fully saturated rings. The van der Waals surface area contributed by atoms with E-state index in [0.29, 0.717) is 13.0 Å². The number of esters is 1. The number of carbonyl (C=O) groups is 1. The van der Waals surface area contributed by atoms with Gasteiger partial charge in [0, 0.05) is 13.0 Å². The second-order valence-corrected chi connectivity index (χ2v) is 2.99. The normalized spacial score (nSPS) is 19.4. The highest BCUT2D eigenvalue weighted by Crippen LogP contribution is 2.12. The molecule has 1 atom stereocenters. The van der Waals surface area contributed by atoms with Gasteiger partial charge in [-0.25, -0.2) is 4.98 Å². The molecule has 1 aliphatic rings. The molecule has 1 aromatic rings. The minimum atomic E-state index is -0.249. The fraction of sp³-hybridized carbons (Fsp3) is 0.500. The maximum absolute atomic E-state index is 11.2. The van der Waals surface area contributed by atoms with Gasteiger partial charge in [0.15, 0.2) is 0 Å². The van der Waals surface area contributed by atoms with Gasteiger partial charge in [-0.2, -0.15) is 0 Å². The van der Waals surface area contributed by atoms with Gasteiger partial charge in [0.1, 0.15) is 6.04 Å². The summed E-state index contributed by atoms with van der Waals surface area (Å²) in [6, 6.07) is -0.249. The molecule has 0 saturated carbocycles. The van der Waals surface area contributed by atoms with Gasteiger partial charge >= 0.3 is 5.97 Å². The van der Waals surface area contributed by atoms with Crippen molar-refractivity contribution < 1.29 is 9.53 Å². The van der Waals surface area contributed by atoms with E-state index in [-0.39, 0.29) is 24.4 Å². The Morgan fingerprint density at radius 2 is 2.50 bits per heavy atom. The molecule has 78 valence electrons. The summed E-state index contributed by atoms with van der Waals surface area (Å²) in [6.07, 6.45) is 2.25. The molecule has 0 spiro atoms. The highest BCUT2D eigenvalue weighted by atomic mass is 35.5. The lowest BCUT2D eigenvalue weighted by atomic mass is 10.1. The Hall–Kier alpha value is -1.07. The molecule has 2 heterocycles. The van der Waals surface area contributed by atoms with Crippen LogP contribution in [0.5, 0.6) is 0 Å². The zero-order valence-electron chi connectivity index (χ0n) is 7.74. The van der Waals surface area contributed by atoms with Crippen molar-refractivity contribution in [2.75, 3.05) is 7.11 Å². The minimum absolute atomic E-state index is 0. The summed E-state index contributed by atoms with van der Waals surface area (Å²) in [7, 11) is 1.39. The van der Waals surface area contributed by atoms with Crippen molar-refractivity contribution in [2.45, 2.75) is 19.0 Å². The third kappa shape index (κ3) is 1.88. The van der Waals surface area contributed by atoms with Gasteiger partial charge in [-0.3, -0.25) is 10.1 Å². The molecule has 14 heavy (non-hydrogen) atoms. The second-order valence-electron chi connectivity index (χ2n) is 2.99. The Bertz CT molecular complexity index is 326. The number of fused-ring (bicyclic) bond motifs is 1. The number of aromatic amines is 1. The van der Waals surface area contributed by atoms with Crippen LogP contribution in [0.1, 0.15) is 11.4 Å². The van der Waals surface area contributed by atoms with Crippen molar-refractivity contribution in [3.8, 4) is 0 Å². The van der Waals surface area contributed by atoms with E-state index in [9.17, 15) is 4.79 Å². The lowest BCUT2D eigenvalue weighted by Crippen LogP contribution is -2.42. The van der Waals surface area contributed by atoms with E-state index in [2.05, 4.69) is 20.0 Å². The molecule has 0 saturated heterocycles. The number of methoxy groups -OCH3 is 1. The van der Waals surface area contributed by atoms with Crippen molar-refractivity contribution in [1.82, 2.24) is 15.3 Å². The predicted molar refractivity (Wildman–Crippen MR) is 52.2 cm³/mol.